The number of rotatable bonds is 4. The first-order valence-electron chi connectivity index (χ1n) is 5.71. The predicted octanol–water partition coefficient (Wildman–Crippen LogP) is 2.40. The number of hydrogen-bond acceptors (Lipinski definition) is 5. The minimum Gasteiger partial charge on any atom is -0.478 e. The van der Waals surface area contributed by atoms with Gasteiger partial charge in [0.25, 0.3) is 10.0 Å². The number of aromatic nitrogens is 1. The van der Waals surface area contributed by atoms with Crippen molar-refractivity contribution < 1.29 is 22.7 Å². The fraction of sp³-hybridized carbons (Fsp3) is 0.167. The molecule has 0 saturated carbocycles. The molecule has 112 valence electrons. The summed E-state index contributed by atoms with van der Waals surface area (Å²) in [5.41, 5.74) is 0.516. The number of nitrogens with zero attached hydrogens (tertiary/aromatic N) is 1. The molecular formula is C12H11FN2O4S2. The van der Waals surface area contributed by atoms with Crippen LogP contribution in [0.1, 0.15) is 21.6 Å². The molecule has 0 aliphatic carbocycles. The number of carbonyl (C=O) groups is 1. The molecule has 0 atom stereocenters. The Labute approximate surface area is 124 Å². The fourth-order valence-corrected chi connectivity index (χ4v) is 3.93. The molecule has 2 aromatic rings. The lowest BCUT2D eigenvalue weighted by Gasteiger charge is -2.08. The number of hydrogen-bond donors (Lipinski definition) is 2. The number of carboxylic acids is 1. The minimum absolute atomic E-state index is 0.152. The molecule has 1 aromatic heterocycles. The Bertz CT molecular complexity index is 815. The van der Waals surface area contributed by atoms with Crippen LogP contribution in [0, 0.1) is 19.7 Å². The number of halogens is 1. The van der Waals surface area contributed by atoms with Gasteiger partial charge >= 0.3 is 5.97 Å². The summed E-state index contributed by atoms with van der Waals surface area (Å²) in [6.45, 7) is 3.07. The zero-order valence-electron chi connectivity index (χ0n) is 11.0. The van der Waals surface area contributed by atoms with Gasteiger partial charge in [0.05, 0.1) is 5.69 Å². The van der Waals surface area contributed by atoms with Gasteiger partial charge in [-0.1, -0.05) is 6.07 Å². The summed E-state index contributed by atoms with van der Waals surface area (Å²) in [7, 11) is -4.23. The second-order valence-corrected chi connectivity index (χ2v) is 6.74. The van der Waals surface area contributed by atoms with Gasteiger partial charge in [-0.05, 0) is 43.1 Å². The van der Waals surface area contributed by atoms with Crippen LogP contribution in [0.15, 0.2) is 23.1 Å². The van der Waals surface area contributed by atoms with Gasteiger partial charge in [-0.25, -0.2) is 17.6 Å². The Balaban J connectivity index is 2.48. The molecule has 1 heterocycles. The van der Waals surface area contributed by atoms with Gasteiger partial charge in [0.15, 0.2) is 0 Å². The van der Waals surface area contributed by atoms with Gasteiger partial charge in [0.2, 0.25) is 0 Å². The highest BCUT2D eigenvalue weighted by atomic mass is 32.2. The van der Waals surface area contributed by atoms with Crippen LogP contribution in [0.3, 0.4) is 0 Å². The standard InChI is InChI=1S/C12H11FN2O4S2/c1-6-3-4-8(13)9(5-6)21(18,19)15-11-10(12(16)17)7(2)14-20-11/h3-5,15H,1-2H3,(H,16,17). The van der Waals surface area contributed by atoms with Crippen molar-refractivity contribution >= 4 is 32.5 Å². The van der Waals surface area contributed by atoms with Crippen molar-refractivity contribution in [3.63, 3.8) is 0 Å². The van der Waals surface area contributed by atoms with Crippen LogP contribution in [-0.2, 0) is 10.0 Å². The summed E-state index contributed by atoms with van der Waals surface area (Å²) in [5.74, 6) is -2.21. The van der Waals surface area contributed by atoms with Crippen molar-refractivity contribution in [3.8, 4) is 0 Å². The topological polar surface area (TPSA) is 96.4 Å². The lowest BCUT2D eigenvalue weighted by atomic mass is 10.2. The van der Waals surface area contributed by atoms with Gasteiger partial charge in [-0.15, -0.1) is 0 Å². The number of sulfonamides is 1. The molecule has 1 aromatic carbocycles. The molecule has 0 fully saturated rings. The molecule has 2 N–H and O–H groups in total. The predicted molar refractivity (Wildman–Crippen MR) is 75.8 cm³/mol. The zero-order valence-corrected chi connectivity index (χ0v) is 12.7. The molecule has 2 rings (SSSR count). The SMILES string of the molecule is Cc1ccc(F)c(S(=O)(=O)Nc2snc(C)c2C(=O)O)c1. The molecule has 0 unspecified atom stereocenters. The Hall–Kier alpha value is -2.00. The third kappa shape index (κ3) is 3.03. The highest BCUT2D eigenvalue weighted by Crippen LogP contribution is 2.28. The number of anilines is 1. The van der Waals surface area contributed by atoms with Gasteiger partial charge in [0, 0.05) is 0 Å². The van der Waals surface area contributed by atoms with Gasteiger partial charge in [-0.2, -0.15) is 4.37 Å². The van der Waals surface area contributed by atoms with Crippen molar-refractivity contribution in [1.82, 2.24) is 4.37 Å². The number of aromatic carboxylic acids is 1. The average molecular weight is 330 g/mol. The molecule has 0 aliphatic rings. The van der Waals surface area contributed by atoms with Crippen molar-refractivity contribution in [3.05, 3.63) is 40.8 Å². The molecule has 0 spiro atoms. The largest absolute Gasteiger partial charge is 0.478 e. The first-order chi connectivity index (χ1) is 9.72. The smallest absolute Gasteiger partial charge is 0.340 e. The monoisotopic (exact) mass is 330 g/mol. The summed E-state index contributed by atoms with van der Waals surface area (Å²) in [4.78, 5) is 10.6. The van der Waals surface area contributed by atoms with E-state index in [1.54, 1.807) is 6.92 Å². The number of benzene rings is 1. The zero-order chi connectivity index (χ0) is 15.8. The van der Waals surface area contributed by atoms with Crippen molar-refractivity contribution in [2.45, 2.75) is 18.7 Å². The number of nitrogens with one attached hydrogen (secondary N) is 1. The maximum atomic E-state index is 13.7. The molecule has 0 saturated heterocycles. The second-order valence-electron chi connectivity index (χ2n) is 4.32. The van der Waals surface area contributed by atoms with E-state index >= 15 is 0 Å². The molecule has 0 radical (unpaired) electrons. The van der Waals surface area contributed by atoms with Gasteiger partial charge in [-0.3, -0.25) is 4.72 Å². The van der Waals surface area contributed by atoms with Crippen LogP contribution in [0.5, 0.6) is 0 Å². The minimum atomic E-state index is -4.23. The summed E-state index contributed by atoms with van der Waals surface area (Å²) >= 11 is 0.693. The van der Waals surface area contributed by atoms with E-state index in [-0.39, 0.29) is 16.3 Å². The number of aryl methyl sites for hydroxylation is 2. The van der Waals surface area contributed by atoms with Crippen LogP contribution in [-0.4, -0.2) is 23.9 Å². The molecule has 6 nitrogen and oxygen atoms in total. The lowest BCUT2D eigenvalue weighted by Crippen LogP contribution is -2.16. The first-order valence-corrected chi connectivity index (χ1v) is 7.96. The van der Waals surface area contributed by atoms with E-state index in [1.165, 1.54) is 19.1 Å². The Morgan fingerprint density at radius 1 is 1.38 bits per heavy atom. The summed E-state index contributed by atoms with van der Waals surface area (Å²) in [6, 6.07) is 3.65. The molecule has 21 heavy (non-hydrogen) atoms. The lowest BCUT2D eigenvalue weighted by molar-refractivity contribution is 0.0697. The average Bonchev–Trinajstić information content (AvgIpc) is 2.72. The Kier molecular flexibility index (Phi) is 3.97. The van der Waals surface area contributed by atoms with Crippen molar-refractivity contribution in [2.24, 2.45) is 0 Å². The van der Waals surface area contributed by atoms with Crippen LogP contribution in [0.25, 0.3) is 0 Å². The Morgan fingerprint density at radius 2 is 2.05 bits per heavy atom. The van der Waals surface area contributed by atoms with Crippen molar-refractivity contribution in [2.75, 3.05) is 4.72 Å². The van der Waals surface area contributed by atoms with Crippen LogP contribution < -0.4 is 4.72 Å². The second kappa shape index (κ2) is 5.41. The molecular weight excluding hydrogens is 319 g/mol. The first kappa shape index (κ1) is 15.4. The van der Waals surface area contributed by atoms with Crippen molar-refractivity contribution in [1.29, 1.82) is 0 Å². The maximum Gasteiger partial charge on any atom is 0.340 e. The van der Waals surface area contributed by atoms with E-state index in [4.69, 9.17) is 5.11 Å². The van der Waals surface area contributed by atoms with E-state index in [0.29, 0.717) is 17.1 Å². The summed E-state index contributed by atoms with van der Waals surface area (Å²) in [6.07, 6.45) is 0. The third-order valence-corrected chi connectivity index (χ3v) is 5.03. The third-order valence-electron chi connectivity index (χ3n) is 2.68. The quantitative estimate of drug-likeness (QED) is 0.897. The van der Waals surface area contributed by atoms with Crippen LogP contribution in [0.4, 0.5) is 9.39 Å². The highest BCUT2D eigenvalue weighted by Gasteiger charge is 2.25. The maximum absolute atomic E-state index is 13.7. The van der Waals surface area contributed by atoms with E-state index in [0.717, 1.165) is 6.07 Å². The van der Waals surface area contributed by atoms with E-state index in [9.17, 15) is 17.6 Å². The van der Waals surface area contributed by atoms with E-state index in [1.807, 2.05) is 0 Å². The van der Waals surface area contributed by atoms with Crippen LogP contribution >= 0.6 is 11.5 Å². The van der Waals surface area contributed by atoms with Gasteiger partial charge < -0.3 is 5.11 Å². The molecule has 0 aliphatic heterocycles. The summed E-state index contributed by atoms with van der Waals surface area (Å²) in [5, 5.41) is 8.91. The normalized spacial score (nSPS) is 11.4. The van der Waals surface area contributed by atoms with Gasteiger partial charge in [0.1, 0.15) is 21.3 Å². The highest BCUT2D eigenvalue weighted by molar-refractivity contribution is 7.93. The Morgan fingerprint density at radius 3 is 2.67 bits per heavy atom. The fourth-order valence-electron chi connectivity index (χ4n) is 1.68. The van der Waals surface area contributed by atoms with Crippen LogP contribution in [0.2, 0.25) is 0 Å². The molecule has 0 amide bonds. The molecule has 0 bridgehead atoms. The number of carboxylic acid groups (broad SMARTS) is 1. The van der Waals surface area contributed by atoms with E-state index < -0.39 is 26.7 Å². The van der Waals surface area contributed by atoms with E-state index in [2.05, 4.69) is 9.10 Å². The molecule has 9 heteroatoms. The summed E-state index contributed by atoms with van der Waals surface area (Å²) < 4.78 is 43.9.